The molecule has 28 heavy (non-hydrogen) atoms. The molecule has 0 N–H and O–H groups in total. The molecule has 1 atom stereocenters. The molecule has 152 valence electrons. The van der Waals surface area contributed by atoms with E-state index in [0.29, 0.717) is 50.0 Å². The van der Waals surface area contributed by atoms with Gasteiger partial charge < -0.3 is 19.1 Å². The fourth-order valence-corrected chi connectivity index (χ4v) is 3.56. The van der Waals surface area contributed by atoms with Crippen LogP contribution in [0, 0.1) is 0 Å². The maximum atomic E-state index is 13.1. The Hall–Kier alpha value is -2.81. The van der Waals surface area contributed by atoms with Crippen molar-refractivity contribution in [2.24, 2.45) is 0 Å². The minimum absolute atomic E-state index is 0.0958. The van der Waals surface area contributed by atoms with Crippen LogP contribution in [-0.4, -0.2) is 80.8 Å². The molecular formula is C19H25N3O6. The Kier molecular flexibility index (Phi) is 6.03. The third kappa shape index (κ3) is 3.75. The topological polar surface area (TPSA) is 88.6 Å². The molecule has 0 aromatic heterocycles. The zero-order valence-corrected chi connectivity index (χ0v) is 16.3. The molecule has 2 saturated heterocycles. The molecule has 2 aliphatic rings. The van der Waals surface area contributed by atoms with Crippen LogP contribution < -0.4 is 14.4 Å². The summed E-state index contributed by atoms with van der Waals surface area (Å²) in [5.41, 5.74) is 0.379. The molecule has 0 bridgehead atoms. The van der Waals surface area contributed by atoms with E-state index < -0.39 is 6.04 Å². The molecule has 1 aromatic rings. The number of ether oxygens (including phenoxy) is 3. The van der Waals surface area contributed by atoms with Gasteiger partial charge in [-0.1, -0.05) is 0 Å². The van der Waals surface area contributed by atoms with E-state index in [1.165, 1.54) is 19.1 Å². The highest BCUT2D eigenvalue weighted by Gasteiger charge is 2.44. The number of anilines is 1. The van der Waals surface area contributed by atoms with E-state index in [1.54, 1.807) is 30.0 Å². The van der Waals surface area contributed by atoms with Crippen LogP contribution in [0.25, 0.3) is 0 Å². The molecule has 3 amide bonds. The Labute approximate surface area is 163 Å². The highest BCUT2D eigenvalue weighted by Crippen LogP contribution is 2.36. The Morgan fingerprint density at radius 3 is 2.43 bits per heavy atom. The van der Waals surface area contributed by atoms with Gasteiger partial charge in [0, 0.05) is 32.2 Å². The first kappa shape index (κ1) is 19.9. The van der Waals surface area contributed by atoms with Gasteiger partial charge in [-0.15, -0.1) is 0 Å². The first-order valence-corrected chi connectivity index (χ1v) is 9.24. The number of nitrogens with zero attached hydrogens (tertiary/aromatic N) is 3. The number of carbonyl (C=O) groups is 3. The fraction of sp³-hybridized carbons (Fsp3) is 0.526. The lowest BCUT2D eigenvalue weighted by atomic mass is 10.2. The molecule has 3 rings (SSSR count). The van der Waals surface area contributed by atoms with Crippen LogP contribution in [0.1, 0.15) is 13.3 Å². The average molecular weight is 391 g/mol. The highest BCUT2D eigenvalue weighted by molar-refractivity contribution is 6.23. The van der Waals surface area contributed by atoms with Gasteiger partial charge in [-0.05, 0) is 19.1 Å². The molecular weight excluding hydrogens is 366 g/mol. The standard InChI is InChI=1S/C19H25N3O6/c1-4-28-19(25)21-9-7-20(8-10-21)15-12-17(23)22(18(15)24)14-11-13(26-2)5-6-16(14)27-3/h5-6,11,15H,4,7-10,12H2,1-3H3/t15-/m1/s1. The van der Waals surface area contributed by atoms with Gasteiger partial charge in [0.15, 0.2) is 0 Å². The summed E-state index contributed by atoms with van der Waals surface area (Å²) in [5.74, 6) is 0.383. The summed E-state index contributed by atoms with van der Waals surface area (Å²) in [6.45, 7) is 4.01. The molecule has 2 aliphatic heterocycles. The number of carbonyl (C=O) groups excluding carboxylic acids is 3. The maximum absolute atomic E-state index is 13.1. The number of amides is 3. The largest absolute Gasteiger partial charge is 0.497 e. The van der Waals surface area contributed by atoms with Gasteiger partial charge in [-0.2, -0.15) is 0 Å². The predicted molar refractivity (Wildman–Crippen MR) is 101 cm³/mol. The summed E-state index contributed by atoms with van der Waals surface area (Å²) < 4.78 is 15.6. The summed E-state index contributed by atoms with van der Waals surface area (Å²) >= 11 is 0. The normalized spacial score (nSPS) is 20.5. The number of methoxy groups -OCH3 is 2. The Balaban J connectivity index is 1.74. The summed E-state index contributed by atoms with van der Waals surface area (Å²) in [6, 6.07) is 4.45. The van der Waals surface area contributed by atoms with Gasteiger partial charge in [-0.3, -0.25) is 14.5 Å². The molecule has 9 heteroatoms. The number of benzene rings is 1. The smallest absolute Gasteiger partial charge is 0.409 e. The maximum Gasteiger partial charge on any atom is 0.409 e. The van der Waals surface area contributed by atoms with E-state index in [1.807, 2.05) is 4.90 Å². The van der Waals surface area contributed by atoms with Crippen LogP contribution in [0.2, 0.25) is 0 Å². The Morgan fingerprint density at radius 1 is 1.11 bits per heavy atom. The van der Waals surface area contributed by atoms with Gasteiger partial charge in [0.25, 0.3) is 5.91 Å². The summed E-state index contributed by atoms with van der Waals surface area (Å²) in [7, 11) is 3.01. The summed E-state index contributed by atoms with van der Waals surface area (Å²) in [4.78, 5) is 42.3. The van der Waals surface area contributed by atoms with Gasteiger partial charge in [0.2, 0.25) is 5.91 Å². The molecule has 0 saturated carbocycles. The summed E-state index contributed by atoms with van der Waals surface area (Å²) in [6.07, 6.45) is -0.253. The zero-order valence-electron chi connectivity index (χ0n) is 16.3. The lowest BCUT2D eigenvalue weighted by Crippen LogP contribution is -2.54. The third-order valence-electron chi connectivity index (χ3n) is 5.03. The minimum atomic E-state index is -0.548. The highest BCUT2D eigenvalue weighted by atomic mass is 16.6. The predicted octanol–water partition coefficient (Wildman–Crippen LogP) is 1.11. The monoisotopic (exact) mass is 391 g/mol. The van der Waals surface area contributed by atoms with Crippen molar-refractivity contribution in [1.29, 1.82) is 0 Å². The second kappa shape index (κ2) is 8.47. The van der Waals surface area contributed by atoms with E-state index >= 15 is 0 Å². The minimum Gasteiger partial charge on any atom is -0.497 e. The van der Waals surface area contributed by atoms with Crippen LogP contribution in [0.5, 0.6) is 11.5 Å². The molecule has 2 heterocycles. The van der Waals surface area contributed by atoms with Crippen LogP contribution in [0.4, 0.5) is 10.5 Å². The number of piperazine rings is 1. The van der Waals surface area contributed by atoms with Crippen molar-refractivity contribution in [2.75, 3.05) is 51.9 Å². The zero-order chi connectivity index (χ0) is 20.3. The average Bonchev–Trinajstić information content (AvgIpc) is 3.01. The second-order valence-corrected chi connectivity index (χ2v) is 6.55. The van der Waals surface area contributed by atoms with Gasteiger partial charge in [0.1, 0.15) is 11.5 Å². The Bertz CT molecular complexity index is 760. The Morgan fingerprint density at radius 2 is 1.82 bits per heavy atom. The number of imide groups is 1. The van der Waals surface area contributed by atoms with E-state index in [9.17, 15) is 14.4 Å². The number of hydrogen-bond donors (Lipinski definition) is 0. The fourth-order valence-electron chi connectivity index (χ4n) is 3.56. The SMILES string of the molecule is CCOC(=O)N1CCN([C@@H]2CC(=O)N(c3cc(OC)ccc3OC)C2=O)CC1. The first-order valence-electron chi connectivity index (χ1n) is 9.24. The number of rotatable bonds is 5. The van der Waals surface area contributed by atoms with Crippen LogP contribution in [0.15, 0.2) is 18.2 Å². The molecule has 0 spiro atoms. The van der Waals surface area contributed by atoms with Crippen molar-refractivity contribution in [3.05, 3.63) is 18.2 Å². The molecule has 9 nitrogen and oxygen atoms in total. The van der Waals surface area contributed by atoms with Crippen LogP contribution in [0.3, 0.4) is 0 Å². The molecule has 1 aromatic carbocycles. The van der Waals surface area contributed by atoms with E-state index in [4.69, 9.17) is 14.2 Å². The van der Waals surface area contributed by atoms with Crippen molar-refractivity contribution < 1.29 is 28.6 Å². The summed E-state index contributed by atoms with van der Waals surface area (Å²) in [5, 5.41) is 0. The van der Waals surface area contributed by atoms with Crippen molar-refractivity contribution >= 4 is 23.6 Å². The van der Waals surface area contributed by atoms with Crippen LogP contribution in [-0.2, 0) is 14.3 Å². The molecule has 0 radical (unpaired) electrons. The number of hydrogen-bond acceptors (Lipinski definition) is 7. The van der Waals surface area contributed by atoms with E-state index in [0.717, 1.165) is 0 Å². The second-order valence-electron chi connectivity index (χ2n) is 6.55. The van der Waals surface area contributed by atoms with Crippen LogP contribution >= 0.6 is 0 Å². The van der Waals surface area contributed by atoms with Crippen molar-refractivity contribution in [3.8, 4) is 11.5 Å². The van der Waals surface area contributed by atoms with Gasteiger partial charge in [0.05, 0.1) is 39.0 Å². The van der Waals surface area contributed by atoms with E-state index in [2.05, 4.69) is 0 Å². The van der Waals surface area contributed by atoms with E-state index in [-0.39, 0.29) is 24.3 Å². The molecule has 0 aliphatic carbocycles. The quantitative estimate of drug-likeness (QED) is 0.695. The van der Waals surface area contributed by atoms with Gasteiger partial charge >= 0.3 is 6.09 Å². The van der Waals surface area contributed by atoms with Gasteiger partial charge in [-0.25, -0.2) is 9.69 Å². The van der Waals surface area contributed by atoms with Crippen molar-refractivity contribution in [2.45, 2.75) is 19.4 Å². The lowest BCUT2D eigenvalue weighted by Gasteiger charge is -2.36. The molecule has 0 unspecified atom stereocenters. The van der Waals surface area contributed by atoms with Crippen molar-refractivity contribution in [1.82, 2.24) is 9.80 Å². The molecule has 2 fully saturated rings. The third-order valence-corrected chi connectivity index (χ3v) is 5.03. The first-order chi connectivity index (χ1) is 13.5. The lowest BCUT2D eigenvalue weighted by molar-refractivity contribution is -0.123. The van der Waals surface area contributed by atoms with Crippen molar-refractivity contribution in [3.63, 3.8) is 0 Å².